The predicted octanol–water partition coefficient (Wildman–Crippen LogP) is 1.99. The molecule has 0 aliphatic rings. The zero-order valence-corrected chi connectivity index (χ0v) is 12.6. The van der Waals surface area contributed by atoms with Gasteiger partial charge in [0, 0.05) is 10.9 Å². The number of amides is 2. The molecule has 0 saturated heterocycles. The van der Waals surface area contributed by atoms with Gasteiger partial charge in [-0.05, 0) is 24.3 Å². The van der Waals surface area contributed by atoms with Gasteiger partial charge in [-0.25, -0.2) is 4.98 Å². The molecule has 1 heterocycles. The maximum atomic E-state index is 12.1. The molecule has 0 saturated carbocycles. The van der Waals surface area contributed by atoms with E-state index < -0.39 is 5.91 Å². The molecule has 7 heteroatoms. The smallest absolute Gasteiger partial charge is 0.257 e. The molecule has 0 radical (unpaired) electrons. The van der Waals surface area contributed by atoms with Crippen LogP contribution in [0.3, 0.4) is 0 Å². The average Bonchev–Trinajstić information content (AvgIpc) is 2.91. The van der Waals surface area contributed by atoms with Crippen molar-refractivity contribution in [3.63, 3.8) is 0 Å². The van der Waals surface area contributed by atoms with Gasteiger partial charge in [0.2, 0.25) is 5.91 Å². The third-order valence-corrected chi connectivity index (χ3v) is 3.42. The van der Waals surface area contributed by atoms with Crippen LogP contribution < -0.4 is 15.8 Å². The van der Waals surface area contributed by atoms with Crippen molar-refractivity contribution in [2.24, 2.45) is 5.73 Å². The molecule has 2 aromatic rings. The number of carbonyl (C=O) groups excluding carboxylic acids is 2. The number of primary amides is 1. The lowest BCUT2D eigenvalue weighted by atomic mass is 10.2. The molecular weight excluding hydrogens is 302 g/mol. The Bertz CT molecular complexity index is 680. The molecule has 0 spiro atoms. The van der Waals surface area contributed by atoms with Crippen molar-refractivity contribution in [1.82, 2.24) is 4.98 Å². The normalized spacial score (nSPS) is 10.0. The molecule has 114 valence electrons. The van der Waals surface area contributed by atoms with Gasteiger partial charge in [0.25, 0.3) is 5.91 Å². The summed E-state index contributed by atoms with van der Waals surface area (Å²) in [6.45, 7) is 3.97. The summed E-state index contributed by atoms with van der Waals surface area (Å²) in [6, 6.07) is 6.73. The van der Waals surface area contributed by atoms with E-state index in [1.165, 1.54) is 11.3 Å². The summed E-state index contributed by atoms with van der Waals surface area (Å²) >= 11 is 1.24. The maximum absolute atomic E-state index is 12.1. The highest BCUT2D eigenvalue weighted by molar-refractivity contribution is 7.14. The van der Waals surface area contributed by atoms with Crippen molar-refractivity contribution in [2.75, 3.05) is 11.9 Å². The average molecular weight is 317 g/mol. The van der Waals surface area contributed by atoms with Gasteiger partial charge in [-0.3, -0.25) is 14.9 Å². The van der Waals surface area contributed by atoms with Crippen LogP contribution in [-0.2, 0) is 11.2 Å². The summed E-state index contributed by atoms with van der Waals surface area (Å²) in [5.74, 6) is -0.0806. The summed E-state index contributed by atoms with van der Waals surface area (Å²) in [5.41, 5.74) is 6.12. The number of ether oxygens (including phenoxy) is 1. The lowest BCUT2D eigenvalue weighted by molar-refractivity contribution is -0.117. The molecule has 0 bridgehead atoms. The van der Waals surface area contributed by atoms with Crippen molar-refractivity contribution < 1.29 is 14.3 Å². The molecular formula is C15H15N3O3S. The number of nitrogens with two attached hydrogens (primary N) is 1. The Morgan fingerprint density at radius 2 is 2.09 bits per heavy atom. The number of rotatable bonds is 7. The van der Waals surface area contributed by atoms with Crippen LogP contribution >= 0.6 is 11.3 Å². The zero-order valence-electron chi connectivity index (χ0n) is 11.7. The molecule has 0 aliphatic heterocycles. The molecule has 0 fully saturated rings. The molecule has 1 aromatic heterocycles. The number of nitrogens with one attached hydrogen (secondary N) is 1. The first-order valence-corrected chi connectivity index (χ1v) is 7.34. The number of hydrogen-bond donors (Lipinski definition) is 2. The number of nitrogens with zero attached hydrogens (tertiary/aromatic N) is 1. The summed E-state index contributed by atoms with van der Waals surface area (Å²) in [7, 11) is 0. The second kappa shape index (κ2) is 7.37. The van der Waals surface area contributed by atoms with E-state index in [1.807, 2.05) is 0 Å². The van der Waals surface area contributed by atoms with Gasteiger partial charge in [0.1, 0.15) is 12.4 Å². The Balaban J connectivity index is 1.98. The van der Waals surface area contributed by atoms with Gasteiger partial charge in [-0.1, -0.05) is 12.7 Å². The summed E-state index contributed by atoms with van der Waals surface area (Å²) < 4.78 is 5.34. The molecule has 2 amide bonds. The summed E-state index contributed by atoms with van der Waals surface area (Å²) in [6.07, 6.45) is 1.70. The molecule has 2 rings (SSSR count). The van der Waals surface area contributed by atoms with Gasteiger partial charge < -0.3 is 10.5 Å². The third-order valence-electron chi connectivity index (χ3n) is 2.61. The summed E-state index contributed by atoms with van der Waals surface area (Å²) in [5, 5.41) is 4.79. The summed E-state index contributed by atoms with van der Waals surface area (Å²) in [4.78, 5) is 27.0. The highest BCUT2D eigenvalue weighted by Gasteiger charge is 2.10. The topological polar surface area (TPSA) is 94.3 Å². The number of carbonyl (C=O) groups is 2. The van der Waals surface area contributed by atoms with Gasteiger partial charge in [0.15, 0.2) is 5.13 Å². The van der Waals surface area contributed by atoms with Crippen LogP contribution in [0.4, 0.5) is 5.13 Å². The van der Waals surface area contributed by atoms with Crippen LogP contribution in [0, 0.1) is 0 Å². The minimum Gasteiger partial charge on any atom is -0.490 e. The molecule has 0 unspecified atom stereocenters. The van der Waals surface area contributed by atoms with Gasteiger partial charge in [0.05, 0.1) is 12.1 Å². The Kier molecular flexibility index (Phi) is 5.26. The molecule has 0 aliphatic carbocycles. The first-order chi connectivity index (χ1) is 10.6. The quantitative estimate of drug-likeness (QED) is 0.764. The van der Waals surface area contributed by atoms with E-state index in [4.69, 9.17) is 10.5 Å². The second-order valence-corrected chi connectivity index (χ2v) is 5.22. The largest absolute Gasteiger partial charge is 0.490 e. The fourth-order valence-electron chi connectivity index (χ4n) is 1.65. The minimum absolute atomic E-state index is 0.0573. The van der Waals surface area contributed by atoms with Crippen LogP contribution in [0.1, 0.15) is 16.1 Å². The van der Waals surface area contributed by atoms with E-state index >= 15 is 0 Å². The van der Waals surface area contributed by atoms with Crippen LogP contribution in [0.15, 0.2) is 42.3 Å². The predicted molar refractivity (Wildman–Crippen MR) is 85.1 cm³/mol. The van der Waals surface area contributed by atoms with Crippen molar-refractivity contribution in [2.45, 2.75) is 6.42 Å². The zero-order chi connectivity index (χ0) is 15.9. The number of hydrogen-bond acceptors (Lipinski definition) is 5. The van der Waals surface area contributed by atoms with E-state index in [1.54, 1.807) is 35.7 Å². The maximum Gasteiger partial charge on any atom is 0.257 e. The van der Waals surface area contributed by atoms with E-state index in [0.29, 0.717) is 28.7 Å². The van der Waals surface area contributed by atoms with E-state index in [9.17, 15) is 9.59 Å². The standard InChI is InChI=1S/C15H15N3O3S/c1-2-7-21-12-5-3-10(4-6-12)14(20)18-15-17-11(9-22-15)8-13(16)19/h2-6,9H,1,7-8H2,(H2,16,19)(H,17,18,20). The number of benzene rings is 1. The van der Waals surface area contributed by atoms with Crippen LogP contribution in [0.2, 0.25) is 0 Å². The van der Waals surface area contributed by atoms with Crippen molar-refractivity contribution >= 4 is 28.3 Å². The Labute approximate surface area is 131 Å². The Morgan fingerprint density at radius 3 is 2.73 bits per heavy atom. The van der Waals surface area contributed by atoms with Crippen LogP contribution in [0.25, 0.3) is 0 Å². The van der Waals surface area contributed by atoms with E-state index in [0.717, 1.165) is 0 Å². The fraction of sp³-hybridized carbons (Fsp3) is 0.133. The molecule has 1 aromatic carbocycles. The highest BCUT2D eigenvalue weighted by atomic mass is 32.1. The second-order valence-electron chi connectivity index (χ2n) is 4.37. The van der Waals surface area contributed by atoms with Crippen molar-refractivity contribution in [3.8, 4) is 5.75 Å². The number of thiazole rings is 1. The van der Waals surface area contributed by atoms with E-state index in [-0.39, 0.29) is 12.3 Å². The fourth-order valence-corrected chi connectivity index (χ4v) is 2.36. The third kappa shape index (κ3) is 4.42. The Morgan fingerprint density at radius 1 is 1.36 bits per heavy atom. The monoisotopic (exact) mass is 317 g/mol. The van der Waals surface area contributed by atoms with Crippen LogP contribution in [0.5, 0.6) is 5.75 Å². The number of anilines is 1. The lowest BCUT2D eigenvalue weighted by Crippen LogP contribution is -2.14. The van der Waals surface area contributed by atoms with Gasteiger partial charge in [-0.15, -0.1) is 11.3 Å². The molecule has 0 atom stereocenters. The van der Waals surface area contributed by atoms with Gasteiger partial charge >= 0.3 is 0 Å². The highest BCUT2D eigenvalue weighted by Crippen LogP contribution is 2.18. The first-order valence-electron chi connectivity index (χ1n) is 6.46. The lowest BCUT2D eigenvalue weighted by Gasteiger charge is -2.05. The Hall–Kier alpha value is -2.67. The SMILES string of the molecule is C=CCOc1ccc(C(=O)Nc2nc(CC(N)=O)cs2)cc1. The van der Waals surface area contributed by atoms with Crippen molar-refractivity contribution in [1.29, 1.82) is 0 Å². The van der Waals surface area contributed by atoms with Crippen molar-refractivity contribution in [3.05, 3.63) is 53.6 Å². The molecule has 22 heavy (non-hydrogen) atoms. The first kappa shape index (κ1) is 15.7. The van der Waals surface area contributed by atoms with Gasteiger partial charge in [-0.2, -0.15) is 0 Å². The van der Waals surface area contributed by atoms with Crippen LogP contribution in [-0.4, -0.2) is 23.4 Å². The van der Waals surface area contributed by atoms with E-state index in [2.05, 4.69) is 16.9 Å². The molecule has 6 nitrogen and oxygen atoms in total. The minimum atomic E-state index is -0.460. The molecule has 3 N–H and O–H groups in total. The number of aromatic nitrogens is 1.